The van der Waals surface area contributed by atoms with Crippen molar-refractivity contribution in [3.63, 3.8) is 0 Å². The van der Waals surface area contributed by atoms with Crippen LogP contribution in [0.4, 0.5) is 5.95 Å². The van der Waals surface area contributed by atoms with Crippen molar-refractivity contribution in [1.29, 1.82) is 0 Å². The molecule has 0 amide bonds. The molecule has 0 unspecified atom stereocenters. The fourth-order valence-electron chi connectivity index (χ4n) is 2.16. The molecule has 0 atom stereocenters. The van der Waals surface area contributed by atoms with E-state index in [9.17, 15) is 0 Å². The highest BCUT2D eigenvalue weighted by Gasteiger charge is 2.13. The lowest BCUT2D eigenvalue weighted by Gasteiger charge is -2.06. The summed E-state index contributed by atoms with van der Waals surface area (Å²) in [6, 6.07) is 7.95. The van der Waals surface area contributed by atoms with Crippen molar-refractivity contribution in [3.05, 3.63) is 39.0 Å². The standard InChI is InChI=1S/C14H14BrN3OS/c1-2-19-11-5-3-4-10-13(11)17-14(16)18(10)8-12-9(15)6-7-20-12/h3-7H,2,8H2,1H3,(H2,16,17). The largest absolute Gasteiger partial charge is 0.492 e. The molecule has 2 N–H and O–H groups in total. The Morgan fingerprint density at radius 1 is 1.40 bits per heavy atom. The average molecular weight is 352 g/mol. The van der Waals surface area contributed by atoms with E-state index in [-0.39, 0.29) is 0 Å². The third kappa shape index (κ3) is 2.29. The van der Waals surface area contributed by atoms with Crippen molar-refractivity contribution in [3.8, 4) is 5.75 Å². The van der Waals surface area contributed by atoms with Crippen molar-refractivity contribution in [2.24, 2.45) is 0 Å². The molecule has 2 aromatic heterocycles. The SMILES string of the molecule is CCOc1cccc2c1nc(N)n2Cc1sccc1Br. The van der Waals surface area contributed by atoms with Gasteiger partial charge in [0.05, 0.1) is 18.7 Å². The van der Waals surface area contributed by atoms with Crippen LogP contribution in [0.25, 0.3) is 11.0 Å². The highest BCUT2D eigenvalue weighted by Crippen LogP contribution is 2.30. The summed E-state index contributed by atoms with van der Waals surface area (Å²) in [4.78, 5) is 5.67. The van der Waals surface area contributed by atoms with Crippen LogP contribution in [0.5, 0.6) is 5.75 Å². The summed E-state index contributed by atoms with van der Waals surface area (Å²) in [6.07, 6.45) is 0. The molecule has 0 fully saturated rings. The second-order valence-corrected chi connectivity index (χ2v) is 6.16. The molecule has 0 saturated heterocycles. The van der Waals surface area contributed by atoms with Gasteiger partial charge < -0.3 is 15.0 Å². The molecule has 6 heteroatoms. The lowest BCUT2D eigenvalue weighted by atomic mass is 10.3. The normalized spacial score (nSPS) is 11.1. The molecule has 0 saturated carbocycles. The van der Waals surface area contributed by atoms with Gasteiger partial charge in [0.2, 0.25) is 5.95 Å². The number of hydrogen-bond acceptors (Lipinski definition) is 4. The molecule has 1 aromatic carbocycles. The van der Waals surface area contributed by atoms with Crippen LogP contribution >= 0.6 is 27.3 Å². The van der Waals surface area contributed by atoms with Gasteiger partial charge in [-0.15, -0.1) is 11.3 Å². The number of ether oxygens (including phenoxy) is 1. The smallest absolute Gasteiger partial charge is 0.201 e. The number of halogens is 1. The highest BCUT2D eigenvalue weighted by molar-refractivity contribution is 9.10. The van der Waals surface area contributed by atoms with E-state index in [2.05, 4.69) is 26.3 Å². The maximum Gasteiger partial charge on any atom is 0.201 e. The zero-order valence-electron chi connectivity index (χ0n) is 11.0. The quantitative estimate of drug-likeness (QED) is 0.775. The van der Waals surface area contributed by atoms with Gasteiger partial charge in [-0.25, -0.2) is 4.98 Å². The molecule has 3 rings (SSSR count). The summed E-state index contributed by atoms with van der Waals surface area (Å²) in [5.41, 5.74) is 7.88. The zero-order chi connectivity index (χ0) is 14.1. The van der Waals surface area contributed by atoms with E-state index in [4.69, 9.17) is 10.5 Å². The van der Waals surface area contributed by atoms with E-state index in [0.717, 1.165) is 21.3 Å². The zero-order valence-corrected chi connectivity index (χ0v) is 13.4. The number of fused-ring (bicyclic) bond motifs is 1. The summed E-state index contributed by atoms with van der Waals surface area (Å²) in [6.45, 7) is 3.28. The molecular formula is C14H14BrN3OS. The average Bonchev–Trinajstić information content (AvgIpc) is 2.97. The van der Waals surface area contributed by atoms with E-state index in [1.807, 2.05) is 35.8 Å². The Bertz CT molecular complexity index is 750. The molecule has 20 heavy (non-hydrogen) atoms. The Kier molecular flexibility index (Phi) is 3.67. The van der Waals surface area contributed by atoms with Gasteiger partial charge in [0.15, 0.2) is 0 Å². The first-order valence-electron chi connectivity index (χ1n) is 6.30. The van der Waals surface area contributed by atoms with Gasteiger partial charge in [-0.1, -0.05) is 6.07 Å². The fourth-order valence-corrected chi connectivity index (χ4v) is 3.62. The topological polar surface area (TPSA) is 53.1 Å². The van der Waals surface area contributed by atoms with E-state index < -0.39 is 0 Å². The van der Waals surface area contributed by atoms with Crippen LogP contribution in [0.2, 0.25) is 0 Å². The van der Waals surface area contributed by atoms with Crippen LogP contribution in [-0.2, 0) is 6.54 Å². The van der Waals surface area contributed by atoms with Crippen LogP contribution < -0.4 is 10.5 Å². The second-order valence-electron chi connectivity index (χ2n) is 4.30. The van der Waals surface area contributed by atoms with Crippen LogP contribution in [0.3, 0.4) is 0 Å². The molecule has 0 aliphatic heterocycles. The Morgan fingerprint density at radius 3 is 2.95 bits per heavy atom. The first kappa shape index (κ1) is 13.5. The van der Waals surface area contributed by atoms with Gasteiger partial charge in [-0.3, -0.25) is 0 Å². The summed E-state index contributed by atoms with van der Waals surface area (Å²) in [5.74, 6) is 1.29. The van der Waals surface area contributed by atoms with Gasteiger partial charge in [-0.05, 0) is 46.4 Å². The molecule has 4 nitrogen and oxygen atoms in total. The maximum atomic E-state index is 6.07. The van der Waals surface area contributed by atoms with Crippen molar-refractivity contribution in [2.75, 3.05) is 12.3 Å². The Labute approximate surface area is 129 Å². The molecule has 0 radical (unpaired) electrons. The number of hydrogen-bond donors (Lipinski definition) is 1. The number of nitrogen functional groups attached to an aromatic ring is 1. The number of imidazole rings is 1. The van der Waals surface area contributed by atoms with Crippen molar-refractivity contribution < 1.29 is 4.74 Å². The lowest BCUT2D eigenvalue weighted by Crippen LogP contribution is -2.03. The molecule has 0 bridgehead atoms. The number of benzene rings is 1. The van der Waals surface area contributed by atoms with Crippen molar-refractivity contribution in [2.45, 2.75) is 13.5 Å². The number of rotatable bonds is 4. The van der Waals surface area contributed by atoms with E-state index in [1.54, 1.807) is 11.3 Å². The predicted molar refractivity (Wildman–Crippen MR) is 86.4 cm³/mol. The molecule has 104 valence electrons. The van der Waals surface area contributed by atoms with Gasteiger partial charge in [0.25, 0.3) is 0 Å². The number of anilines is 1. The van der Waals surface area contributed by atoms with Gasteiger partial charge in [-0.2, -0.15) is 0 Å². The summed E-state index contributed by atoms with van der Waals surface area (Å²) in [5, 5.41) is 2.06. The fraction of sp³-hybridized carbons (Fsp3) is 0.214. The van der Waals surface area contributed by atoms with E-state index in [0.29, 0.717) is 19.1 Å². The second kappa shape index (κ2) is 5.46. The third-order valence-corrected chi connectivity index (χ3v) is 4.98. The van der Waals surface area contributed by atoms with Crippen molar-refractivity contribution >= 4 is 44.2 Å². The molecule has 3 aromatic rings. The minimum absolute atomic E-state index is 0.507. The van der Waals surface area contributed by atoms with Crippen LogP contribution in [-0.4, -0.2) is 16.2 Å². The van der Waals surface area contributed by atoms with Gasteiger partial charge in [0, 0.05) is 9.35 Å². The van der Waals surface area contributed by atoms with Crippen molar-refractivity contribution in [1.82, 2.24) is 9.55 Å². The Balaban J connectivity index is 2.09. The monoisotopic (exact) mass is 351 g/mol. The van der Waals surface area contributed by atoms with Gasteiger partial charge >= 0.3 is 0 Å². The first-order chi connectivity index (χ1) is 9.70. The Hall–Kier alpha value is -1.53. The molecule has 0 aliphatic rings. The Morgan fingerprint density at radius 2 is 2.25 bits per heavy atom. The summed E-state index contributed by atoms with van der Waals surface area (Å²) < 4.78 is 8.72. The van der Waals surface area contributed by atoms with E-state index in [1.165, 1.54) is 4.88 Å². The number of nitrogens with zero attached hydrogens (tertiary/aromatic N) is 2. The minimum atomic E-state index is 0.507. The minimum Gasteiger partial charge on any atom is -0.492 e. The molecular weight excluding hydrogens is 338 g/mol. The van der Waals surface area contributed by atoms with Crippen LogP contribution in [0, 0.1) is 0 Å². The number of thiophene rings is 1. The maximum absolute atomic E-state index is 6.07. The summed E-state index contributed by atoms with van der Waals surface area (Å²) >= 11 is 5.25. The number of nitrogens with two attached hydrogens (primary N) is 1. The number of aromatic nitrogens is 2. The number of para-hydroxylation sites is 1. The van der Waals surface area contributed by atoms with Gasteiger partial charge in [0.1, 0.15) is 11.3 Å². The molecule has 0 spiro atoms. The van der Waals surface area contributed by atoms with E-state index >= 15 is 0 Å². The third-order valence-electron chi connectivity index (χ3n) is 3.06. The predicted octanol–water partition coefficient (Wildman–Crippen LogP) is 3.89. The molecule has 2 heterocycles. The highest BCUT2D eigenvalue weighted by atomic mass is 79.9. The molecule has 0 aliphatic carbocycles. The summed E-state index contributed by atoms with van der Waals surface area (Å²) in [7, 11) is 0. The first-order valence-corrected chi connectivity index (χ1v) is 7.97. The van der Waals surface area contributed by atoms with Crippen LogP contribution in [0.15, 0.2) is 34.1 Å². The van der Waals surface area contributed by atoms with Crippen LogP contribution in [0.1, 0.15) is 11.8 Å². The lowest BCUT2D eigenvalue weighted by molar-refractivity contribution is 0.343.